The smallest absolute Gasteiger partial charge is 0.328 e. The van der Waals surface area contributed by atoms with E-state index in [0.29, 0.717) is 11.7 Å². The summed E-state index contributed by atoms with van der Waals surface area (Å²) >= 11 is 0. The lowest BCUT2D eigenvalue weighted by Crippen LogP contribution is -2.05. The van der Waals surface area contributed by atoms with Crippen molar-refractivity contribution in [3.8, 4) is 5.75 Å². The van der Waals surface area contributed by atoms with Gasteiger partial charge >= 0.3 is 5.97 Å². The van der Waals surface area contributed by atoms with Crippen LogP contribution >= 0.6 is 0 Å². The first kappa shape index (κ1) is 11.6. The SMILES string of the molecule is O=C(O)/C=C(/COc1ccc(F)cc1)C1CC1. The Morgan fingerprint density at radius 1 is 1.41 bits per heavy atom. The maximum absolute atomic E-state index is 12.7. The fraction of sp³-hybridized carbons (Fsp3) is 0.308. The first-order valence-corrected chi connectivity index (χ1v) is 5.47. The second-order valence-electron chi connectivity index (χ2n) is 4.07. The molecule has 1 aliphatic rings. The Morgan fingerprint density at radius 2 is 2.06 bits per heavy atom. The van der Waals surface area contributed by atoms with Gasteiger partial charge in [0.05, 0.1) is 0 Å². The second-order valence-corrected chi connectivity index (χ2v) is 4.07. The van der Waals surface area contributed by atoms with Crippen molar-refractivity contribution in [2.75, 3.05) is 6.61 Å². The maximum Gasteiger partial charge on any atom is 0.328 e. The normalized spacial score (nSPS) is 15.7. The first-order valence-electron chi connectivity index (χ1n) is 5.47. The number of ether oxygens (including phenoxy) is 1. The van der Waals surface area contributed by atoms with Crippen LogP contribution in [0.2, 0.25) is 0 Å². The van der Waals surface area contributed by atoms with E-state index in [1.54, 1.807) is 0 Å². The van der Waals surface area contributed by atoms with Crippen LogP contribution in [0, 0.1) is 11.7 Å². The lowest BCUT2D eigenvalue weighted by atomic mass is 10.1. The molecule has 2 rings (SSSR count). The van der Waals surface area contributed by atoms with E-state index in [4.69, 9.17) is 9.84 Å². The van der Waals surface area contributed by atoms with Gasteiger partial charge in [-0.1, -0.05) is 0 Å². The summed E-state index contributed by atoms with van der Waals surface area (Å²) in [7, 11) is 0. The molecule has 1 saturated carbocycles. The first-order chi connectivity index (χ1) is 8.15. The van der Waals surface area contributed by atoms with Crippen molar-refractivity contribution in [1.29, 1.82) is 0 Å². The minimum atomic E-state index is -0.949. The highest BCUT2D eigenvalue weighted by atomic mass is 19.1. The molecule has 17 heavy (non-hydrogen) atoms. The quantitative estimate of drug-likeness (QED) is 0.799. The number of benzene rings is 1. The van der Waals surface area contributed by atoms with Gasteiger partial charge in [0, 0.05) is 6.08 Å². The molecule has 4 heteroatoms. The third kappa shape index (κ3) is 3.59. The number of carboxylic acids is 1. The lowest BCUT2D eigenvalue weighted by Gasteiger charge is -2.08. The van der Waals surface area contributed by atoms with Crippen LogP contribution in [-0.4, -0.2) is 17.7 Å². The molecule has 3 nitrogen and oxygen atoms in total. The molecule has 0 spiro atoms. The topological polar surface area (TPSA) is 46.5 Å². The molecule has 0 aliphatic heterocycles. The third-order valence-corrected chi connectivity index (χ3v) is 2.63. The Bertz CT molecular complexity index is 432. The zero-order chi connectivity index (χ0) is 12.3. The molecule has 0 unspecified atom stereocenters. The van der Waals surface area contributed by atoms with Crippen LogP contribution in [0.15, 0.2) is 35.9 Å². The summed E-state index contributed by atoms with van der Waals surface area (Å²) in [5.74, 6) is -0.384. The van der Waals surface area contributed by atoms with Gasteiger partial charge in [0.15, 0.2) is 0 Å². The van der Waals surface area contributed by atoms with E-state index in [-0.39, 0.29) is 12.4 Å². The van der Waals surface area contributed by atoms with Crippen LogP contribution in [-0.2, 0) is 4.79 Å². The van der Waals surface area contributed by atoms with Crippen molar-refractivity contribution in [3.63, 3.8) is 0 Å². The summed E-state index contributed by atoms with van der Waals surface area (Å²) in [6.07, 6.45) is 3.25. The summed E-state index contributed by atoms with van der Waals surface area (Å²) in [4.78, 5) is 10.6. The largest absolute Gasteiger partial charge is 0.489 e. The zero-order valence-corrected chi connectivity index (χ0v) is 9.23. The Hall–Kier alpha value is -1.84. The van der Waals surface area contributed by atoms with Crippen LogP contribution in [0.4, 0.5) is 4.39 Å². The van der Waals surface area contributed by atoms with E-state index >= 15 is 0 Å². The Morgan fingerprint density at radius 3 is 2.59 bits per heavy atom. The Balaban J connectivity index is 1.95. The molecule has 0 radical (unpaired) electrons. The molecule has 0 aromatic heterocycles. The predicted molar refractivity (Wildman–Crippen MR) is 60.3 cm³/mol. The number of rotatable bonds is 5. The minimum Gasteiger partial charge on any atom is -0.489 e. The van der Waals surface area contributed by atoms with E-state index < -0.39 is 5.97 Å². The van der Waals surface area contributed by atoms with Crippen LogP contribution in [0.1, 0.15) is 12.8 Å². The molecule has 0 amide bonds. The minimum absolute atomic E-state index is 0.253. The molecule has 1 aromatic rings. The molecule has 0 saturated heterocycles. The fourth-order valence-electron chi connectivity index (χ4n) is 1.59. The molecule has 0 heterocycles. The number of carbonyl (C=O) groups is 1. The molecule has 1 aliphatic carbocycles. The van der Waals surface area contributed by atoms with Crippen molar-refractivity contribution in [1.82, 2.24) is 0 Å². The Kier molecular flexibility index (Phi) is 3.42. The van der Waals surface area contributed by atoms with Crippen molar-refractivity contribution in [2.24, 2.45) is 5.92 Å². The molecule has 0 bridgehead atoms. The molecule has 1 aromatic carbocycles. The highest BCUT2D eigenvalue weighted by molar-refractivity contribution is 5.80. The van der Waals surface area contributed by atoms with E-state index in [1.165, 1.54) is 30.3 Å². The molecular formula is C13H13FO3. The van der Waals surface area contributed by atoms with E-state index in [9.17, 15) is 9.18 Å². The summed E-state index contributed by atoms with van der Waals surface area (Å²) in [5, 5.41) is 8.71. The lowest BCUT2D eigenvalue weighted by molar-refractivity contribution is -0.131. The van der Waals surface area contributed by atoms with E-state index in [1.807, 2.05) is 0 Å². The summed E-state index contributed by atoms with van der Waals surface area (Å²) in [6.45, 7) is 0.253. The molecule has 0 atom stereocenters. The second kappa shape index (κ2) is 4.99. The van der Waals surface area contributed by atoms with Gasteiger partial charge in [-0.25, -0.2) is 9.18 Å². The third-order valence-electron chi connectivity index (χ3n) is 2.63. The molecular weight excluding hydrogens is 223 g/mol. The number of halogens is 1. The standard InChI is InChI=1S/C13H13FO3/c14-11-3-5-12(6-4-11)17-8-10(7-13(15)16)9-1-2-9/h3-7,9H,1-2,8H2,(H,15,16)/b10-7-. The van der Waals surface area contributed by atoms with E-state index in [0.717, 1.165) is 18.4 Å². The number of hydrogen-bond acceptors (Lipinski definition) is 2. The zero-order valence-electron chi connectivity index (χ0n) is 9.23. The predicted octanol–water partition coefficient (Wildman–Crippen LogP) is 2.63. The van der Waals surface area contributed by atoms with Crippen molar-refractivity contribution in [2.45, 2.75) is 12.8 Å². The van der Waals surface area contributed by atoms with Crippen LogP contribution in [0.5, 0.6) is 5.75 Å². The van der Waals surface area contributed by atoms with Gasteiger partial charge in [-0.05, 0) is 48.6 Å². The van der Waals surface area contributed by atoms with Crippen LogP contribution in [0.25, 0.3) is 0 Å². The summed E-state index contributed by atoms with van der Waals surface area (Å²) in [5.41, 5.74) is 0.793. The van der Waals surface area contributed by atoms with Gasteiger partial charge in [-0.2, -0.15) is 0 Å². The van der Waals surface area contributed by atoms with Crippen molar-refractivity contribution < 1.29 is 19.0 Å². The number of hydrogen-bond donors (Lipinski definition) is 1. The van der Waals surface area contributed by atoms with Gasteiger partial charge < -0.3 is 9.84 Å². The highest BCUT2D eigenvalue weighted by Crippen LogP contribution is 2.36. The fourth-order valence-corrected chi connectivity index (χ4v) is 1.59. The van der Waals surface area contributed by atoms with Gasteiger partial charge in [0.25, 0.3) is 0 Å². The summed E-state index contributed by atoms with van der Waals surface area (Å²) < 4.78 is 18.1. The van der Waals surface area contributed by atoms with Gasteiger partial charge in [-0.3, -0.25) is 0 Å². The molecule has 1 N–H and O–H groups in total. The van der Waals surface area contributed by atoms with Crippen LogP contribution < -0.4 is 4.74 Å². The number of aliphatic carboxylic acids is 1. The average molecular weight is 236 g/mol. The van der Waals surface area contributed by atoms with Crippen molar-refractivity contribution >= 4 is 5.97 Å². The van der Waals surface area contributed by atoms with Gasteiger partial charge in [-0.15, -0.1) is 0 Å². The van der Waals surface area contributed by atoms with E-state index in [2.05, 4.69) is 0 Å². The average Bonchev–Trinajstić information content (AvgIpc) is 3.10. The Labute approximate surface area is 98.5 Å². The van der Waals surface area contributed by atoms with Gasteiger partial charge in [0.1, 0.15) is 18.2 Å². The molecule has 1 fully saturated rings. The highest BCUT2D eigenvalue weighted by Gasteiger charge is 2.26. The monoisotopic (exact) mass is 236 g/mol. The maximum atomic E-state index is 12.7. The van der Waals surface area contributed by atoms with Crippen molar-refractivity contribution in [3.05, 3.63) is 41.7 Å². The van der Waals surface area contributed by atoms with Crippen LogP contribution in [0.3, 0.4) is 0 Å². The summed E-state index contributed by atoms with van der Waals surface area (Å²) in [6, 6.07) is 5.68. The van der Waals surface area contributed by atoms with Gasteiger partial charge in [0.2, 0.25) is 0 Å². The number of carboxylic acid groups (broad SMARTS) is 1. The molecule has 90 valence electrons.